The summed E-state index contributed by atoms with van der Waals surface area (Å²) in [6.07, 6.45) is 3.34. The van der Waals surface area contributed by atoms with Gasteiger partial charge in [0.05, 0.1) is 0 Å². The summed E-state index contributed by atoms with van der Waals surface area (Å²) < 4.78 is 0. The lowest BCUT2D eigenvalue weighted by atomic mass is 10.2. The van der Waals surface area contributed by atoms with E-state index in [9.17, 15) is 4.79 Å². The van der Waals surface area contributed by atoms with Crippen molar-refractivity contribution in [2.75, 3.05) is 11.9 Å². The van der Waals surface area contributed by atoms with Gasteiger partial charge in [0.1, 0.15) is 5.69 Å². The van der Waals surface area contributed by atoms with Crippen LogP contribution in [0.15, 0.2) is 54.9 Å². The summed E-state index contributed by atoms with van der Waals surface area (Å²) in [6.45, 7) is 0. The minimum Gasteiger partial charge on any atom is -0.351 e. The maximum atomic E-state index is 12.4. The van der Waals surface area contributed by atoms with Crippen LogP contribution in [0.3, 0.4) is 0 Å². The summed E-state index contributed by atoms with van der Waals surface area (Å²) in [6, 6.07) is 13.3. The summed E-state index contributed by atoms with van der Waals surface area (Å²) in [5, 5.41) is 1.04. The van der Waals surface area contributed by atoms with Gasteiger partial charge in [-0.25, -0.2) is 0 Å². The van der Waals surface area contributed by atoms with Crippen LogP contribution in [0.25, 0.3) is 10.9 Å². The van der Waals surface area contributed by atoms with Gasteiger partial charge >= 0.3 is 0 Å². The van der Waals surface area contributed by atoms with Gasteiger partial charge in [0.25, 0.3) is 5.91 Å². The first-order chi connectivity index (χ1) is 9.25. The molecule has 0 saturated carbocycles. The van der Waals surface area contributed by atoms with Crippen molar-refractivity contribution < 1.29 is 4.79 Å². The second-order valence-electron chi connectivity index (χ2n) is 4.34. The lowest BCUT2D eigenvalue weighted by Gasteiger charge is -2.15. The van der Waals surface area contributed by atoms with Gasteiger partial charge in [0.2, 0.25) is 0 Å². The quantitative estimate of drug-likeness (QED) is 0.761. The Morgan fingerprint density at radius 1 is 1.16 bits per heavy atom. The lowest BCUT2D eigenvalue weighted by molar-refractivity contribution is 0.0989. The Labute approximate surface area is 110 Å². The molecule has 0 atom stereocenters. The molecule has 94 valence electrons. The first kappa shape index (κ1) is 11.5. The zero-order valence-corrected chi connectivity index (χ0v) is 10.5. The number of aromatic nitrogens is 2. The monoisotopic (exact) mass is 251 g/mol. The number of para-hydroxylation sites is 1. The maximum absolute atomic E-state index is 12.4. The normalized spacial score (nSPS) is 10.6. The van der Waals surface area contributed by atoms with Gasteiger partial charge in [-0.2, -0.15) is 0 Å². The van der Waals surface area contributed by atoms with E-state index in [1.807, 2.05) is 30.3 Å². The van der Waals surface area contributed by atoms with Crippen molar-refractivity contribution in [3.63, 3.8) is 0 Å². The van der Waals surface area contributed by atoms with Crippen LogP contribution in [0.4, 0.5) is 5.69 Å². The van der Waals surface area contributed by atoms with Gasteiger partial charge in [-0.05, 0) is 24.3 Å². The molecule has 0 unspecified atom stereocenters. The molecule has 3 aromatic rings. The molecule has 0 radical (unpaired) electrons. The zero-order chi connectivity index (χ0) is 13.2. The van der Waals surface area contributed by atoms with Crippen molar-refractivity contribution in [1.29, 1.82) is 0 Å². The molecule has 0 aliphatic heterocycles. The van der Waals surface area contributed by atoms with Gasteiger partial charge in [-0.3, -0.25) is 9.78 Å². The molecular weight excluding hydrogens is 238 g/mol. The maximum Gasteiger partial charge on any atom is 0.274 e. The lowest BCUT2D eigenvalue weighted by Crippen LogP contribution is -2.26. The summed E-state index contributed by atoms with van der Waals surface area (Å²) in [5.41, 5.74) is 2.37. The summed E-state index contributed by atoms with van der Waals surface area (Å²) in [7, 11) is 1.75. The van der Waals surface area contributed by atoms with E-state index in [-0.39, 0.29) is 5.91 Å². The number of carbonyl (C=O) groups is 1. The predicted molar refractivity (Wildman–Crippen MR) is 75.3 cm³/mol. The predicted octanol–water partition coefficient (Wildman–Crippen LogP) is 2.84. The van der Waals surface area contributed by atoms with E-state index in [1.165, 1.54) is 0 Å². The third-order valence-electron chi connectivity index (χ3n) is 3.12. The number of fused-ring (bicyclic) bond motifs is 1. The SMILES string of the molecule is CN(C(=O)c1cc2ccccc2[nH]1)c1ccncc1. The van der Waals surface area contributed by atoms with E-state index < -0.39 is 0 Å². The molecule has 0 aliphatic carbocycles. The zero-order valence-electron chi connectivity index (χ0n) is 10.5. The van der Waals surface area contributed by atoms with Gasteiger partial charge < -0.3 is 9.88 Å². The van der Waals surface area contributed by atoms with E-state index in [2.05, 4.69) is 9.97 Å². The van der Waals surface area contributed by atoms with Crippen molar-refractivity contribution >= 4 is 22.5 Å². The van der Waals surface area contributed by atoms with Crippen LogP contribution in [-0.2, 0) is 0 Å². The topological polar surface area (TPSA) is 49.0 Å². The number of rotatable bonds is 2. The number of H-pyrrole nitrogens is 1. The molecule has 1 N–H and O–H groups in total. The first-order valence-corrected chi connectivity index (χ1v) is 6.01. The minimum absolute atomic E-state index is 0.0672. The summed E-state index contributed by atoms with van der Waals surface area (Å²) in [4.78, 5) is 21.1. The number of amides is 1. The number of anilines is 1. The molecule has 4 nitrogen and oxygen atoms in total. The molecular formula is C15H13N3O. The molecule has 0 fully saturated rings. The Morgan fingerprint density at radius 3 is 2.63 bits per heavy atom. The van der Waals surface area contributed by atoms with Crippen molar-refractivity contribution in [3.05, 3.63) is 60.6 Å². The second-order valence-corrected chi connectivity index (χ2v) is 4.34. The van der Waals surface area contributed by atoms with Gasteiger partial charge in [0, 0.05) is 36.0 Å². The number of hydrogen-bond acceptors (Lipinski definition) is 2. The minimum atomic E-state index is -0.0672. The Hall–Kier alpha value is -2.62. The van der Waals surface area contributed by atoms with Crippen LogP contribution in [0.1, 0.15) is 10.5 Å². The molecule has 1 amide bonds. The van der Waals surface area contributed by atoms with Gasteiger partial charge in [-0.1, -0.05) is 18.2 Å². The molecule has 0 saturated heterocycles. The Bertz CT molecular complexity index is 685. The molecule has 3 rings (SSSR count). The number of benzene rings is 1. The third-order valence-corrected chi connectivity index (χ3v) is 3.12. The van der Waals surface area contributed by atoms with Crippen molar-refractivity contribution in [2.45, 2.75) is 0 Å². The molecule has 2 heterocycles. The van der Waals surface area contributed by atoms with Crippen LogP contribution in [0.5, 0.6) is 0 Å². The molecule has 1 aromatic carbocycles. The fourth-order valence-corrected chi connectivity index (χ4v) is 2.05. The van der Waals surface area contributed by atoms with E-state index in [0.29, 0.717) is 5.69 Å². The summed E-state index contributed by atoms with van der Waals surface area (Å²) >= 11 is 0. The Morgan fingerprint density at radius 2 is 1.89 bits per heavy atom. The second kappa shape index (κ2) is 4.57. The molecule has 0 spiro atoms. The standard InChI is InChI=1S/C15H13N3O/c1-18(12-6-8-16-9-7-12)15(19)14-10-11-4-2-3-5-13(11)17-14/h2-10,17H,1H3. The van der Waals surface area contributed by atoms with Crippen LogP contribution < -0.4 is 4.90 Å². The van der Waals surface area contributed by atoms with E-state index in [1.54, 1.807) is 36.5 Å². The number of nitrogens with one attached hydrogen (secondary N) is 1. The van der Waals surface area contributed by atoms with Crippen LogP contribution >= 0.6 is 0 Å². The number of hydrogen-bond donors (Lipinski definition) is 1. The highest BCUT2D eigenvalue weighted by Gasteiger charge is 2.15. The molecule has 0 aliphatic rings. The number of pyridine rings is 1. The van der Waals surface area contributed by atoms with Crippen molar-refractivity contribution in [3.8, 4) is 0 Å². The van der Waals surface area contributed by atoms with Crippen LogP contribution in [0.2, 0.25) is 0 Å². The molecule has 19 heavy (non-hydrogen) atoms. The highest BCUT2D eigenvalue weighted by molar-refractivity contribution is 6.07. The average molecular weight is 251 g/mol. The fraction of sp³-hybridized carbons (Fsp3) is 0.0667. The third kappa shape index (κ3) is 2.08. The molecule has 4 heteroatoms. The van der Waals surface area contributed by atoms with E-state index in [4.69, 9.17) is 0 Å². The number of aromatic amines is 1. The van der Waals surface area contributed by atoms with Gasteiger partial charge in [-0.15, -0.1) is 0 Å². The van der Waals surface area contributed by atoms with Crippen LogP contribution in [-0.4, -0.2) is 22.9 Å². The smallest absolute Gasteiger partial charge is 0.274 e. The summed E-state index contributed by atoms with van der Waals surface area (Å²) in [5.74, 6) is -0.0672. The van der Waals surface area contributed by atoms with E-state index in [0.717, 1.165) is 16.6 Å². The highest BCUT2D eigenvalue weighted by Crippen LogP contribution is 2.18. The highest BCUT2D eigenvalue weighted by atomic mass is 16.2. The van der Waals surface area contributed by atoms with E-state index >= 15 is 0 Å². The Balaban J connectivity index is 1.95. The number of nitrogens with zero attached hydrogens (tertiary/aromatic N) is 2. The first-order valence-electron chi connectivity index (χ1n) is 6.01. The fourth-order valence-electron chi connectivity index (χ4n) is 2.05. The van der Waals surface area contributed by atoms with Crippen molar-refractivity contribution in [2.24, 2.45) is 0 Å². The van der Waals surface area contributed by atoms with Crippen molar-refractivity contribution in [1.82, 2.24) is 9.97 Å². The van der Waals surface area contributed by atoms with Crippen LogP contribution in [0, 0.1) is 0 Å². The molecule has 2 aromatic heterocycles. The number of carbonyl (C=O) groups excluding carboxylic acids is 1. The van der Waals surface area contributed by atoms with Gasteiger partial charge in [0.15, 0.2) is 0 Å². The Kier molecular flexibility index (Phi) is 2.76. The molecule has 0 bridgehead atoms. The largest absolute Gasteiger partial charge is 0.351 e. The average Bonchev–Trinajstić information content (AvgIpc) is 2.90.